The lowest BCUT2D eigenvalue weighted by atomic mass is 9.94. The van der Waals surface area contributed by atoms with Gasteiger partial charge in [-0.2, -0.15) is 5.26 Å². The van der Waals surface area contributed by atoms with Gasteiger partial charge in [-0.1, -0.05) is 15.9 Å². The van der Waals surface area contributed by atoms with Crippen molar-refractivity contribution in [2.24, 2.45) is 0 Å². The molecular weight excluding hydrogens is 331 g/mol. The number of hydrogen-bond acceptors (Lipinski definition) is 3. The zero-order valence-electron chi connectivity index (χ0n) is 11.3. The highest BCUT2D eigenvalue weighted by molar-refractivity contribution is 9.10. The standard InChI is InChI=1S/C13H16BrFN2OS/c1-12(2,3)19(18)17-13(4,8-16)10-7-9(14)5-6-11(10)15/h5-7,17H,1-4H3/t13-,19+/m0/s1. The number of benzene rings is 1. The van der Waals surface area contributed by atoms with Crippen LogP contribution in [0.5, 0.6) is 0 Å². The lowest BCUT2D eigenvalue weighted by molar-refractivity contribution is 0.479. The Labute approximate surface area is 124 Å². The third-order valence-corrected chi connectivity index (χ3v) is 4.74. The Bertz CT molecular complexity index is 512. The zero-order valence-corrected chi connectivity index (χ0v) is 13.7. The molecule has 1 aromatic rings. The zero-order chi connectivity index (χ0) is 14.8. The first kappa shape index (κ1) is 16.4. The first-order chi connectivity index (χ1) is 8.60. The summed E-state index contributed by atoms with van der Waals surface area (Å²) in [6.45, 7) is 6.86. The molecule has 0 bridgehead atoms. The van der Waals surface area contributed by atoms with Crippen LogP contribution in [0.25, 0.3) is 0 Å². The van der Waals surface area contributed by atoms with Crippen LogP contribution in [-0.4, -0.2) is 9.30 Å². The fraction of sp³-hybridized carbons (Fsp3) is 0.462. The van der Waals surface area contributed by atoms with Gasteiger partial charge in [0.25, 0.3) is 0 Å². The molecule has 0 heterocycles. The highest BCUT2D eigenvalue weighted by atomic mass is 79.9. The molecule has 0 unspecified atom stereocenters. The van der Waals surface area contributed by atoms with E-state index in [1.54, 1.807) is 26.8 Å². The van der Waals surface area contributed by atoms with Gasteiger partial charge in [-0.25, -0.2) is 4.39 Å². The molecule has 0 aromatic heterocycles. The average molecular weight is 347 g/mol. The van der Waals surface area contributed by atoms with Gasteiger partial charge >= 0.3 is 0 Å². The van der Waals surface area contributed by atoms with Crippen LogP contribution in [0.3, 0.4) is 0 Å². The number of nitrogens with one attached hydrogen (secondary N) is 1. The van der Waals surface area contributed by atoms with Crippen LogP contribution in [0.15, 0.2) is 22.7 Å². The van der Waals surface area contributed by atoms with E-state index in [0.29, 0.717) is 4.47 Å². The third-order valence-electron chi connectivity index (χ3n) is 2.54. The first-order valence-electron chi connectivity index (χ1n) is 5.66. The lowest BCUT2D eigenvalue weighted by Crippen LogP contribution is -2.49. The van der Waals surface area contributed by atoms with E-state index < -0.39 is 27.5 Å². The minimum absolute atomic E-state index is 0.168. The van der Waals surface area contributed by atoms with Crippen LogP contribution in [0.4, 0.5) is 4.39 Å². The molecule has 0 aliphatic rings. The van der Waals surface area contributed by atoms with Gasteiger partial charge in [0.2, 0.25) is 0 Å². The van der Waals surface area contributed by atoms with Crippen molar-refractivity contribution in [2.45, 2.75) is 38.0 Å². The molecule has 3 nitrogen and oxygen atoms in total. The quantitative estimate of drug-likeness (QED) is 0.853. The Morgan fingerprint density at radius 2 is 1.95 bits per heavy atom. The molecule has 0 aliphatic carbocycles. The topological polar surface area (TPSA) is 58.9 Å². The Kier molecular flexibility index (Phi) is 5.02. The van der Waals surface area contributed by atoms with Gasteiger partial charge in [0.1, 0.15) is 10.6 Å². The van der Waals surface area contributed by atoms with Crippen molar-refractivity contribution in [3.05, 3.63) is 34.1 Å². The average Bonchev–Trinajstić information content (AvgIpc) is 2.30. The second-order valence-corrected chi connectivity index (χ2v) is 8.23. The molecule has 1 N–H and O–H groups in total. The van der Waals surface area contributed by atoms with E-state index in [1.807, 2.05) is 6.07 Å². The van der Waals surface area contributed by atoms with E-state index in [9.17, 15) is 14.2 Å². The van der Waals surface area contributed by atoms with Crippen LogP contribution in [0.2, 0.25) is 0 Å². The molecule has 19 heavy (non-hydrogen) atoms. The maximum Gasteiger partial charge on any atom is 0.174 e. The van der Waals surface area contributed by atoms with Gasteiger partial charge < -0.3 is 4.55 Å². The second-order valence-electron chi connectivity index (χ2n) is 5.34. The lowest BCUT2D eigenvalue weighted by Gasteiger charge is -2.31. The summed E-state index contributed by atoms with van der Waals surface area (Å²) in [5, 5.41) is 9.34. The molecule has 2 atom stereocenters. The molecule has 0 amide bonds. The normalized spacial score (nSPS) is 16.5. The Hall–Kier alpha value is -0.610. The van der Waals surface area contributed by atoms with E-state index in [-0.39, 0.29) is 5.56 Å². The van der Waals surface area contributed by atoms with E-state index in [2.05, 4.69) is 20.7 Å². The fourth-order valence-electron chi connectivity index (χ4n) is 1.36. The number of nitrogens with zero attached hydrogens (tertiary/aromatic N) is 1. The van der Waals surface area contributed by atoms with E-state index in [4.69, 9.17) is 0 Å². The van der Waals surface area contributed by atoms with Gasteiger partial charge in [0, 0.05) is 21.4 Å². The molecule has 0 aliphatic heterocycles. The largest absolute Gasteiger partial charge is 0.598 e. The molecule has 1 rings (SSSR count). The number of nitriles is 1. The number of hydrogen-bond donors (Lipinski definition) is 1. The molecule has 0 radical (unpaired) electrons. The van der Waals surface area contributed by atoms with Crippen LogP contribution in [-0.2, 0) is 16.9 Å². The second kappa shape index (κ2) is 5.80. The van der Waals surface area contributed by atoms with Gasteiger partial charge in [0.15, 0.2) is 5.54 Å². The van der Waals surface area contributed by atoms with Crippen LogP contribution >= 0.6 is 15.9 Å². The van der Waals surface area contributed by atoms with Crippen molar-refractivity contribution in [3.63, 3.8) is 0 Å². The molecule has 0 saturated carbocycles. The molecule has 104 valence electrons. The van der Waals surface area contributed by atoms with Gasteiger partial charge in [0.05, 0.1) is 6.07 Å². The molecule has 0 saturated heterocycles. The van der Waals surface area contributed by atoms with E-state index >= 15 is 0 Å². The molecule has 1 aromatic carbocycles. The first-order valence-corrected chi connectivity index (χ1v) is 7.61. The summed E-state index contributed by atoms with van der Waals surface area (Å²) in [6.07, 6.45) is 0. The minimum atomic E-state index is -1.48. The van der Waals surface area contributed by atoms with Gasteiger partial charge in [-0.3, -0.25) is 0 Å². The van der Waals surface area contributed by atoms with Gasteiger partial charge in [-0.05, 0) is 45.9 Å². The molecular formula is C13H16BrFN2OS. The van der Waals surface area contributed by atoms with Crippen molar-refractivity contribution in [1.29, 1.82) is 5.26 Å². The number of halogens is 2. The summed E-state index contributed by atoms with van der Waals surface area (Å²) in [5.41, 5.74) is -1.19. The molecule has 0 spiro atoms. The Morgan fingerprint density at radius 3 is 2.42 bits per heavy atom. The maximum absolute atomic E-state index is 13.9. The van der Waals surface area contributed by atoms with Crippen molar-refractivity contribution in [1.82, 2.24) is 4.72 Å². The van der Waals surface area contributed by atoms with Crippen LogP contribution in [0.1, 0.15) is 33.3 Å². The molecule has 6 heteroatoms. The third kappa shape index (κ3) is 3.93. The highest BCUT2D eigenvalue weighted by Crippen LogP contribution is 2.29. The highest BCUT2D eigenvalue weighted by Gasteiger charge is 2.39. The van der Waals surface area contributed by atoms with Gasteiger partial charge in [-0.15, -0.1) is 4.72 Å². The van der Waals surface area contributed by atoms with Crippen molar-refractivity contribution < 1.29 is 8.94 Å². The summed E-state index contributed by atoms with van der Waals surface area (Å²) in [5.74, 6) is -0.509. The predicted octanol–water partition coefficient (Wildman–Crippen LogP) is 3.38. The summed E-state index contributed by atoms with van der Waals surface area (Å²) < 4.78 is 28.8. The van der Waals surface area contributed by atoms with E-state index in [0.717, 1.165) is 0 Å². The maximum atomic E-state index is 13.9. The van der Waals surface area contributed by atoms with E-state index in [1.165, 1.54) is 19.1 Å². The van der Waals surface area contributed by atoms with Crippen molar-refractivity contribution in [3.8, 4) is 6.07 Å². The summed E-state index contributed by atoms with van der Waals surface area (Å²) >= 11 is 1.77. The summed E-state index contributed by atoms with van der Waals surface area (Å²) in [6, 6.07) is 6.35. The van der Waals surface area contributed by atoms with Crippen molar-refractivity contribution in [2.75, 3.05) is 0 Å². The van der Waals surface area contributed by atoms with Crippen LogP contribution < -0.4 is 4.72 Å². The summed E-state index contributed by atoms with van der Waals surface area (Å²) in [4.78, 5) is 0. The van der Waals surface area contributed by atoms with Crippen molar-refractivity contribution >= 4 is 27.3 Å². The monoisotopic (exact) mass is 346 g/mol. The Balaban J connectivity index is 3.18. The summed E-state index contributed by atoms with van der Waals surface area (Å²) in [7, 11) is 0. The minimum Gasteiger partial charge on any atom is -0.598 e. The van der Waals surface area contributed by atoms with Crippen LogP contribution in [0, 0.1) is 17.1 Å². The smallest absolute Gasteiger partial charge is 0.174 e. The fourth-order valence-corrected chi connectivity index (χ4v) is 2.55. The Morgan fingerprint density at radius 1 is 1.37 bits per heavy atom. The number of rotatable bonds is 3. The SMILES string of the molecule is CC(C)(C)[S@@+]([O-])N[C@@](C)(C#N)c1cc(Br)ccc1F. The molecule has 0 fully saturated rings. The predicted molar refractivity (Wildman–Crippen MR) is 78.1 cm³/mol.